The minimum atomic E-state index is -0.153. The van der Waals surface area contributed by atoms with Crippen LogP contribution >= 0.6 is 0 Å². The number of hydrogen-bond acceptors (Lipinski definition) is 2. The zero-order valence-corrected chi connectivity index (χ0v) is 14.7. The first-order valence-electron chi connectivity index (χ1n) is 8.77. The number of unbranched alkanes of at least 4 members (excludes halogenated alkanes) is 2. The summed E-state index contributed by atoms with van der Waals surface area (Å²) >= 11 is 0. The van der Waals surface area contributed by atoms with Crippen molar-refractivity contribution in [3.63, 3.8) is 0 Å². The quantitative estimate of drug-likeness (QED) is 0.705. The third-order valence-electron chi connectivity index (χ3n) is 4.16. The highest BCUT2D eigenvalue weighted by atomic mass is 16.2. The van der Waals surface area contributed by atoms with Gasteiger partial charge in [0.15, 0.2) is 0 Å². The molecule has 2 aromatic carbocycles. The topological polar surface area (TPSA) is 64.9 Å². The first kappa shape index (κ1) is 18.5. The SMILES string of the molecule is CC(NC(=O)NCCCCCc1ccccc1)c1ccc(C#N)cc1. The highest BCUT2D eigenvalue weighted by Crippen LogP contribution is 2.12. The van der Waals surface area contributed by atoms with Crippen molar-refractivity contribution in [1.82, 2.24) is 10.6 Å². The molecule has 130 valence electrons. The van der Waals surface area contributed by atoms with Gasteiger partial charge in [-0.3, -0.25) is 0 Å². The van der Waals surface area contributed by atoms with Crippen LogP contribution in [0.25, 0.3) is 0 Å². The Balaban J connectivity index is 1.59. The normalized spacial score (nSPS) is 11.4. The van der Waals surface area contributed by atoms with Crippen LogP contribution in [0.5, 0.6) is 0 Å². The van der Waals surface area contributed by atoms with E-state index < -0.39 is 0 Å². The van der Waals surface area contributed by atoms with Crippen LogP contribution in [0.15, 0.2) is 54.6 Å². The summed E-state index contributed by atoms with van der Waals surface area (Å²) in [6.07, 6.45) is 4.30. The van der Waals surface area contributed by atoms with Crippen molar-refractivity contribution in [1.29, 1.82) is 5.26 Å². The average molecular weight is 335 g/mol. The zero-order valence-electron chi connectivity index (χ0n) is 14.7. The van der Waals surface area contributed by atoms with Gasteiger partial charge >= 0.3 is 6.03 Å². The van der Waals surface area contributed by atoms with E-state index in [0.29, 0.717) is 12.1 Å². The third-order valence-corrected chi connectivity index (χ3v) is 4.16. The van der Waals surface area contributed by atoms with Gasteiger partial charge in [-0.1, -0.05) is 48.9 Å². The van der Waals surface area contributed by atoms with E-state index in [4.69, 9.17) is 5.26 Å². The lowest BCUT2D eigenvalue weighted by Crippen LogP contribution is -2.37. The fourth-order valence-electron chi connectivity index (χ4n) is 2.65. The number of benzene rings is 2. The molecule has 4 heteroatoms. The van der Waals surface area contributed by atoms with Gasteiger partial charge in [-0.15, -0.1) is 0 Å². The molecule has 1 unspecified atom stereocenters. The first-order valence-corrected chi connectivity index (χ1v) is 8.77. The number of rotatable bonds is 8. The number of hydrogen-bond donors (Lipinski definition) is 2. The molecule has 0 spiro atoms. The van der Waals surface area contributed by atoms with E-state index in [-0.39, 0.29) is 12.1 Å². The second kappa shape index (κ2) is 10.1. The van der Waals surface area contributed by atoms with Crippen LogP contribution in [0.3, 0.4) is 0 Å². The van der Waals surface area contributed by atoms with Crippen LogP contribution < -0.4 is 10.6 Å². The van der Waals surface area contributed by atoms with E-state index in [1.165, 1.54) is 5.56 Å². The van der Waals surface area contributed by atoms with E-state index in [0.717, 1.165) is 31.2 Å². The van der Waals surface area contributed by atoms with E-state index in [1.807, 2.05) is 25.1 Å². The molecular weight excluding hydrogens is 310 g/mol. The van der Waals surface area contributed by atoms with Crippen LogP contribution in [-0.4, -0.2) is 12.6 Å². The summed E-state index contributed by atoms with van der Waals surface area (Å²) in [6, 6.07) is 19.6. The van der Waals surface area contributed by atoms with Gasteiger partial charge in [-0.05, 0) is 49.4 Å². The van der Waals surface area contributed by atoms with Crippen molar-refractivity contribution >= 4 is 6.03 Å². The predicted octanol–water partition coefficient (Wildman–Crippen LogP) is 4.33. The molecule has 4 nitrogen and oxygen atoms in total. The minimum Gasteiger partial charge on any atom is -0.338 e. The van der Waals surface area contributed by atoms with Gasteiger partial charge < -0.3 is 10.6 Å². The Labute approximate surface area is 149 Å². The molecule has 2 aromatic rings. The molecule has 0 saturated carbocycles. The van der Waals surface area contributed by atoms with Crippen molar-refractivity contribution < 1.29 is 4.79 Å². The average Bonchev–Trinajstić information content (AvgIpc) is 2.65. The van der Waals surface area contributed by atoms with Gasteiger partial charge in [-0.25, -0.2) is 4.79 Å². The zero-order chi connectivity index (χ0) is 17.9. The molecule has 0 aliphatic heterocycles. The number of nitrogens with one attached hydrogen (secondary N) is 2. The number of urea groups is 1. The lowest BCUT2D eigenvalue weighted by atomic mass is 10.1. The second-order valence-corrected chi connectivity index (χ2v) is 6.15. The maximum absolute atomic E-state index is 11.9. The van der Waals surface area contributed by atoms with Crippen molar-refractivity contribution in [2.75, 3.05) is 6.54 Å². The number of nitrogens with zero attached hydrogens (tertiary/aromatic N) is 1. The number of aryl methyl sites for hydroxylation is 1. The van der Waals surface area contributed by atoms with Gasteiger partial charge in [0.2, 0.25) is 0 Å². The Morgan fingerprint density at radius 1 is 1.04 bits per heavy atom. The van der Waals surface area contributed by atoms with Gasteiger partial charge in [0, 0.05) is 6.54 Å². The molecule has 2 amide bonds. The highest BCUT2D eigenvalue weighted by molar-refractivity contribution is 5.74. The largest absolute Gasteiger partial charge is 0.338 e. The van der Waals surface area contributed by atoms with E-state index in [1.54, 1.807) is 12.1 Å². The standard InChI is InChI=1S/C21H25N3O/c1-17(20-13-11-19(16-22)12-14-20)24-21(25)23-15-7-3-6-10-18-8-4-2-5-9-18/h2,4-5,8-9,11-14,17H,3,6-7,10,15H2,1H3,(H2,23,24,25). The van der Waals surface area contributed by atoms with Gasteiger partial charge in [0.05, 0.1) is 17.7 Å². The van der Waals surface area contributed by atoms with E-state index in [9.17, 15) is 4.79 Å². The van der Waals surface area contributed by atoms with Gasteiger partial charge in [-0.2, -0.15) is 5.26 Å². The van der Waals surface area contributed by atoms with Crippen molar-refractivity contribution in [2.24, 2.45) is 0 Å². The molecule has 0 saturated heterocycles. The summed E-state index contributed by atoms with van der Waals surface area (Å²) < 4.78 is 0. The molecule has 1 atom stereocenters. The summed E-state index contributed by atoms with van der Waals surface area (Å²) in [5.74, 6) is 0. The molecule has 0 bridgehead atoms. The molecule has 0 fully saturated rings. The summed E-state index contributed by atoms with van der Waals surface area (Å²) in [7, 11) is 0. The summed E-state index contributed by atoms with van der Waals surface area (Å²) in [5.41, 5.74) is 2.97. The maximum Gasteiger partial charge on any atom is 0.315 e. The number of carbonyl (C=O) groups is 1. The van der Waals surface area contributed by atoms with Crippen molar-refractivity contribution in [2.45, 2.75) is 38.6 Å². The lowest BCUT2D eigenvalue weighted by Gasteiger charge is -2.15. The van der Waals surface area contributed by atoms with E-state index >= 15 is 0 Å². The summed E-state index contributed by atoms with van der Waals surface area (Å²) in [5, 5.41) is 14.6. The Hall–Kier alpha value is -2.80. The van der Waals surface area contributed by atoms with Crippen LogP contribution in [0.1, 0.15) is 48.9 Å². The monoisotopic (exact) mass is 335 g/mol. The molecule has 25 heavy (non-hydrogen) atoms. The Kier molecular flexibility index (Phi) is 7.52. The highest BCUT2D eigenvalue weighted by Gasteiger charge is 2.08. The van der Waals surface area contributed by atoms with Crippen molar-refractivity contribution in [3.8, 4) is 6.07 Å². The summed E-state index contributed by atoms with van der Waals surface area (Å²) in [4.78, 5) is 11.9. The predicted molar refractivity (Wildman–Crippen MR) is 100 cm³/mol. The van der Waals surface area contributed by atoms with Crippen molar-refractivity contribution in [3.05, 3.63) is 71.3 Å². The Bertz CT molecular complexity index is 689. The number of nitriles is 1. The lowest BCUT2D eigenvalue weighted by molar-refractivity contribution is 0.237. The fraction of sp³-hybridized carbons (Fsp3) is 0.333. The molecule has 2 rings (SSSR count). The summed E-state index contributed by atoms with van der Waals surface area (Å²) in [6.45, 7) is 2.61. The van der Waals surface area contributed by atoms with E-state index in [2.05, 4.69) is 41.0 Å². The molecule has 2 N–H and O–H groups in total. The number of carbonyl (C=O) groups excluding carboxylic acids is 1. The Morgan fingerprint density at radius 2 is 1.76 bits per heavy atom. The maximum atomic E-state index is 11.9. The van der Waals surface area contributed by atoms with Crippen LogP contribution in [-0.2, 0) is 6.42 Å². The van der Waals surface area contributed by atoms with Gasteiger partial charge in [0.1, 0.15) is 0 Å². The van der Waals surface area contributed by atoms with Crippen LogP contribution in [0.2, 0.25) is 0 Å². The Morgan fingerprint density at radius 3 is 2.44 bits per heavy atom. The minimum absolute atomic E-state index is 0.0918. The molecule has 0 aliphatic carbocycles. The second-order valence-electron chi connectivity index (χ2n) is 6.15. The molecule has 0 aliphatic rings. The third kappa shape index (κ3) is 6.68. The first-order chi connectivity index (χ1) is 12.2. The number of amides is 2. The molecule has 0 heterocycles. The fourth-order valence-corrected chi connectivity index (χ4v) is 2.65. The van der Waals surface area contributed by atoms with Gasteiger partial charge in [0.25, 0.3) is 0 Å². The molecule has 0 radical (unpaired) electrons. The van der Waals surface area contributed by atoms with Crippen LogP contribution in [0, 0.1) is 11.3 Å². The van der Waals surface area contributed by atoms with Crippen LogP contribution in [0.4, 0.5) is 4.79 Å². The molecule has 0 aromatic heterocycles. The smallest absolute Gasteiger partial charge is 0.315 e. The molecular formula is C21H25N3O.